The smallest absolute Gasteiger partial charge is 0.157 e. The predicted octanol–water partition coefficient (Wildman–Crippen LogP) is 4.07. The Morgan fingerprint density at radius 2 is 2.00 bits per heavy atom. The molecule has 0 unspecified atom stereocenters. The van der Waals surface area contributed by atoms with E-state index in [0.29, 0.717) is 11.8 Å². The molecule has 2 aromatic heterocycles. The van der Waals surface area contributed by atoms with Gasteiger partial charge in [0.05, 0.1) is 12.3 Å². The summed E-state index contributed by atoms with van der Waals surface area (Å²) in [4.78, 5) is 4.53. The highest BCUT2D eigenvalue weighted by Gasteiger charge is 2.14. The first-order valence-electron chi connectivity index (χ1n) is 6.86. The zero-order chi connectivity index (χ0) is 15.0. The lowest BCUT2D eigenvalue weighted by atomic mass is 10.1. The number of benzene rings is 1. The van der Waals surface area contributed by atoms with E-state index in [1.54, 1.807) is 4.52 Å². The lowest BCUT2D eigenvalue weighted by Crippen LogP contribution is -1.98. The zero-order valence-corrected chi connectivity index (χ0v) is 13.0. The van der Waals surface area contributed by atoms with E-state index in [4.69, 9.17) is 16.3 Å². The van der Waals surface area contributed by atoms with E-state index in [1.165, 1.54) is 0 Å². The van der Waals surface area contributed by atoms with Crippen LogP contribution in [0.2, 0.25) is 5.15 Å². The maximum atomic E-state index is 6.36. The molecule has 0 aliphatic heterocycles. The molecule has 108 valence electrons. The average molecular weight is 302 g/mol. The van der Waals surface area contributed by atoms with Crippen LogP contribution in [0.5, 0.6) is 5.75 Å². The van der Waals surface area contributed by atoms with E-state index in [-0.39, 0.29) is 0 Å². The van der Waals surface area contributed by atoms with Crippen molar-refractivity contribution in [1.29, 1.82) is 0 Å². The third kappa shape index (κ3) is 2.36. The number of hydrogen-bond donors (Lipinski definition) is 0. The van der Waals surface area contributed by atoms with Gasteiger partial charge in [0.25, 0.3) is 0 Å². The molecule has 0 aliphatic carbocycles. The Kier molecular flexibility index (Phi) is 3.55. The van der Waals surface area contributed by atoms with E-state index in [2.05, 4.69) is 10.1 Å². The molecule has 2 heterocycles. The van der Waals surface area contributed by atoms with Crippen molar-refractivity contribution in [1.82, 2.24) is 14.6 Å². The summed E-state index contributed by atoms with van der Waals surface area (Å²) in [5, 5.41) is 5.16. The van der Waals surface area contributed by atoms with Gasteiger partial charge < -0.3 is 4.74 Å². The van der Waals surface area contributed by atoms with Gasteiger partial charge in [-0.1, -0.05) is 23.7 Å². The molecular weight excluding hydrogens is 286 g/mol. The summed E-state index contributed by atoms with van der Waals surface area (Å²) in [7, 11) is 0. The van der Waals surface area contributed by atoms with Crippen molar-refractivity contribution in [2.75, 3.05) is 6.61 Å². The highest BCUT2D eigenvalue weighted by Crippen LogP contribution is 2.30. The SMILES string of the molecule is CCOc1ccccc1-c1cc2nc(C)c(C)c(Cl)n2n1. The number of nitrogens with zero attached hydrogens (tertiary/aromatic N) is 3. The van der Waals surface area contributed by atoms with Gasteiger partial charge in [-0.05, 0) is 32.9 Å². The summed E-state index contributed by atoms with van der Waals surface area (Å²) >= 11 is 6.36. The van der Waals surface area contributed by atoms with Crippen LogP contribution < -0.4 is 4.74 Å². The van der Waals surface area contributed by atoms with Crippen molar-refractivity contribution < 1.29 is 4.74 Å². The van der Waals surface area contributed by atoms with Crippen molar-refractivity contribution in [3.05, 3.63) is 46.7 Å². The maximum Gasteiger partial charge on any atom is 0.157 e. The standard InChI is InChI=1S/C16H16ClN3O/c1-4-21-14-8-6-5-7-12(14)13-9-15-18-11(3)10(2)16(17)20(15)19-13/h5-9H,4H2,1-3H3. The van der Waals surface area contributed by atoms with Gasteiger partial charge in [-0.3, -0.25) is 0 Å². The van der Waals surface area contributed by atoms with Crippen LogP contribution >= 0.6 is 11.6 Å². The van der Waals surface area contributed by atoms with Crippen molar-refractivity contribution in [2.24, 2.45) is 0 Å². The highest BCUT2D eigenvalue weighted by molar-refractivity contribution is 6.30. The zero-order valence-electron chi connectivity index (χ0n) is 12.2. The third-order valence-electron chi connectivity index (χ3n) is 3.47. The Hall–Kier alpha value is -2.07. The normalized spacial score (nSPS) is 11.0. The molecule has 0 bridgehead atoms. The van der Waals surface area contributed by atoms with Crippen LogP contribution in [0.4, 0.5) is 0 Å². The number of aryl methyl sites for hydroxylation is 1. The summed E-state index contributed by atoms with van der Waals surface area (Å²) in [6.45, 7) is 6.47. The van der Waals surface area contributed by atoms with Crippen LogP contribution in [0.25, 0.3) is 16.9 Å². The fourth-order valence-corrected chi connectivity index (χ4v) is 2.51. The first-order chi connectivity index (χ1) is 10.1. The van der Waals surface area contributed by atoms with Gasteiger partial charge in [-0.2, -0.15) is 5.10 Å². The summed E-state index contributed by atoms with van der Waals surface area (Å²) in [6, 6.07) is 9.77. The second-order valence-corrected chi connectivity index (χ2v) is 5.20. The molecule has 0 fully saturated rings. The van der Waals surface area contributed by atoms with Crippen LogP contribution in [0.1, 0.15) is 18.2 Å². The van der Waals surface area contributed by atoms with Gasteiger partial charge in [0, 0.05) is 22.9 Å². The van der Waals surface area contributed by atoms with Crippen LogP contribution in [0.15, 0.2) is 30.3 Å². The molecule has 3 rings (SSSR count). The van der Waals surface area contributed by atoms with Crippen LogP contribution in [0, 0.1) is 13.8 Å². The quantitative estimate of drug-likeness (QED) is 0.685. The molecule has 0 atom stereocenters. The molecular formula is C16H16ClN3O. The van der Waals surface area contributed by atoms with Crippen LogP contribution in [-0.4, -0.2) is 21.2 Å². The molecule has 4 nitrogen and oxygen atoms in total. The summed E-state index contributed by atoms with van der Waals surface area (Å²) in [5.41, 5.74) is 4.34. The number of para-hydroxylation sites is 1. The first kappa shape index (κ1) is 13.9. The van der Waals surface area contributed by atoms with Crippen LogP contribution in [0.3, 0.4) is 0 Å². The van der Waals surface area contributed by atoms with Gasteiger partial charge in [-0.25, -0.2) is 9.50 Å². The topological polar surface area (TPSA) is 39.4 Å². The van der Waals surface area contributed by atoms with Gasteiger partial charge >= 0.3 is 0 Å². The number of ether oxygens (including phenoxy) is 1. The van der Waals surface area contributed by atoms with Gasteiger partial charge in [0.1, 0.15) is 10.9 Å². The number of halogens is 1. The Labute approximate surface area is 128 Å². The first-order valence-corrected chi connectivity index (χ1v) is 7.24. The van der Waals surface area contributed by atoms with Crippen molar-refractivity contribution in [3.8, 4) is 17.0 Å². The molecule has 0 amide bonds. The number of rotatable bonds is 3. The summed E-state index contributed by atoms with van der Waals surface area (Å²) in [5.74, 6) is 0.813. The molecule has 0 saturated heterocycles. The minimum absolute atomic E-state index is 0.595. The molecule has 21 heavy (non-hydrogen) atoms. The molecule has 0 saturated carbocycles. The monoisotopic (exact) mass is 301 g/mol. The second kappa shape index (κ2) is 5.37. The fraction of sp³-hybridized carbons (Fsp3) is 0.250. The van der Waals surface area contributed by atoms with E-state index < -0.39 is 0 Å². The Morgan fingerprint density at radius 3 is 2.76 bits per heavy atom. The third-order valence-corrected chi connectivity index (χ3v) is 3.92. The largest absolute Gasteiger partial charge is 0.493 e. The van der Waals surface area contributed by atoms with E-state index in [0.717, 1.165) is 33.9 Å². The number of hydrogen-bond acceptors (Lipinski definition) is 3. The molecule has 5 heteroatoms. The Bertz CT molecular complexity index is 811. The number of aromatic nitrogens is 3. The maximum absolute atomic E-state index is 6.36. The molecule has 3 aromatic rings. The molecule has 0 radical (unpaired) electrons. The lowest BCUT2D eigenvalue weighted by Gasteiger charge is -2.07. The average Bonchev–Trinajstić information content (AvgIpc) is 2.90. The van der Waals surface area contributed by atoms with Crippen molar-refractivity contribution >= 4 is 17.2 Å². The van der Waals surface area contributed by atoms with E-state index >= 15 is 0 Å². The minimum Gasteiger partial charge on any atom is -0.493 e. The highest BCUT2D eigenvalue weighted by atomic mass is 35.5. The van der Waals surface area contributed by atoms with Gasteiger partial charge in [0.15, 0.2) is 5.65 Å². The van der Waals surface area contributed by atoms with Crippen LogP contribution in [-0.2, 0) is 0 Å². The molecule has 0 spiro atoms. The van der Waals surface area contributed by atoms with E-state index in [1.807, 2.05) is 51.1 Å². The van der Waals surface area contributed by atoms with Gasteiger partial charge in [0.2, 0.25) is 0 Å². The number of fused-ring (bicyclic) bond motifs is 1. The van der Waals surface area contributed by atoms with E-state index in [9.17, 15) is 0 Å². The molecule has 0 aliphatic rings. The Balaban J connectivity index is 2.21. The second-order valence-electron chi connectivity index (χ2n) is 4.84. The lowest BCUT2D eigenvalue weighted by molar-refractivity contribution is 0.341. The fourth-order valence-electron chi connectivity index (χ4n) is 2.25. The predicted molar refractivity (Wildman–Crippen MR) is 84.1 cm³/mol. The summed E-state index contributed by atoms with van der Waals surface area (Å²) in [6.07, 6.45) is 0. The van der Waals surface area contributed by atoms with Crippen molar-refractivity contribution in [2.45, 2.75) is 20.8 Å². The Morgan fingerprint density at radius 1 is 1.24 bits per heavy atom. The summed E-state index contributed by atoms with van der Waals surface area (Å²) < 4.78 is 7.33. The van der Waals surface area contributed by atoms with Gasteiger partial charge in [-0.15, -0.1) is 0 Å². The molecule has 0 N–H and O–H groups in total. The molecule has 1 aromatic carbocycles. The van der Waals surface area contributed by atoms with Crippen molar-refractivity contribution in [3.63, 3.8) is 0 Å². The minimum atomic E-state index is 0.595.